The van der Waals surface area contributed by atoms with Crippen molar-refractivity contribution in [3.05, 3.63) is 0 Å². The summed E-state index contributed by atoms with van der Waals surface area (Å²) >= 11 is 0. The van der Waals surface area contributed by atoms with Crippen LogP contribution in [0.25, 0.3) is 0 Å². The average Bonchev–Trinajstić information content (AvgIpc) is 2.82. The van der Waals surface area contributed by atoms with Crippen LogP contribution in [0.5, 0.6) is 0 Å². The quantitative estimate of drug-likeness (QED) is 0.777. The maximum atomic E-state index is 12.7. The molecular formula is C17H29N3O5S. The normalized spacial score (nSPS) is 32.6. The second-order valence-electron chi connectivity index (χ2n) is 8.21. The van der Waals surface area contributed by atoms with Gasteiger partial charge in [0.25, 0.3) is 0 Å². The van der Waals surface area contributed by atoms with E-state index >= 15 is 0 Å². The Morgan fingerprint density at radius 1 is 1.15 bits per heavy atom. The Morgan fingerprint density at radius 2 is 1.81 bits per heavy atom. The van der Waals surface area contributed by atoms with Crippen LogP contribution in [0, 0.1) is 5.92 Å². The molecule has 1 saturated heterocycles. The summed E-state index contributed by atoms with van der Waals surface area (Å²) in [5, 5.41) is 0. The molecule has 148 valence electrons. The molecule has 8 nitrogen and oxygen atoms in total. The van der Waals surface area contributed by atoms with Gasteiger partial charge in [-0.05, 0) is 51.9 Å². The summed E-state index contributed by atoms with van der Waals surface area (Å²) in [5.41, 5.74) is -0.596. The molecule has 0 bridgehead atoms. The van der Waals surface area contributed by atoms with Gasteiger partial charge in [0.05, 0.1) is 6.04 Å². The minimum atomic E-state index is -3.93. The molecule has 1 aliphatic heterocycles. The van der Waals surface area contributed by atoms with E-state index in [0.717, 1.165) is 36.4 Å². The van der Waals surface area contributed by atoms with E-state index in [2.05, 4.69) is 4.72 Å². The van der Waals surface area contributed by atoms with Crippen molar-refractivity contribution in [1.29, 1.82) is 0 Å². The Morgan fingerprint density at radius 3 is 2.42 bits per heavy atom. The maximum absolute atomic E-state index is 12.7. The summed E-state index contributed by atoms with van der Waals surface area (Å²) in [7, 11) is -0.539. The molecular weight excluding hydrogens is 358 g/mol. The van der Waals surface area contributed by atoms with Gasteiger partial charge in [0.2, 0.25) is 5.91 Å². The third-order valence-electron chi connectivity index (χ3n) is 5.89. The number of hydrogen-bond acceptors (Lipinski definition) is 5. The van der Waals surface area contributed by atoms with Crippen LogP contribution in [0.1, 0.15) is 58.3 Å². The smallest absolute Gasteiger partial charge is 0.425 e. The molecule has 0 aromatic heterocycles. The highest BCUT2D eigenvalue weighted by atomic mass is 32.2. The summed E-state index contributed by atoms with van der Waals surface area (Å²) < 4.78 is 34.2. The van der Waals surface area contributed by atoms with Crippen LogP contribution in [-0.2, 0) is 19.7 Å². The summed E-state index contributed by atoms with van der Waals surface area (Å²) in [6.45, 7) is 1.88. The highest BCUT2D eigenvalue weighted by molar-refractivity contribution is 7.88. The first-order valence-corrected chi connectivity index (χ1v) is 10.8. The highest BCUT2D eigenvalue weighted by Crippen LogP contribution is 2.37. The zero-order chi connectivity index (χ0) is 19.1. The zero-order valence-corrected chi connectivity index (χ0v) is 16.5. The third kappa shape index (κ3) is 3.69. The standard InChI is InChI=1S/C17H29N3O5S/c1-17(9-5-4-6-10-17)25-16(22)20-14-8-7-12(15(21)19(2)3)11-13(14)18-26(20,23)24/h12-14,18H,4-11H2,1-3H3/t12-,13+,14?/m0/s1. The van der Waals surface area contributed by atoms with Crippen LogP contribution in [0.2, 0.25) is 0 Å². The summed E-state index contributed by atoms with van der Waals surface area (Å²) in [6, 6.07) is -0.916. The van der Waals surface area contributed by atoms with E-state index in [1.54, 1.807) is 14.1 Å². The Bertz CT molecular complexity index is 672. The van der Waals surface area contributed by atoms with Crippen LogP contribution in [0.15, 0.2) is 0 Å². The molecule has 2 amide bonds. The van der Waals surface area contributed by atoms with Gasteiger partial charge in [0.1, 0.15) is 5.60 Å². The number of nitrogens with zero attached hydrogens (tertiary/aromatic N) is 2. The van der Waals surface area contributed by atoms with Gasteiger partial charge in [0.15, 0.2) is 0 Å². The van der Waals surface area contributed by atoms with Crippen molar-refractivity contribution in [1.82, 2.24) is 13.9 Å². The predicted octanol–water partition coefficient (Wildman–Crippen LogP) is 1.62. The first kappa shape index (κ1) is 19.4. The lowest BCUT2D eigenvalue weighted by Crippen LogP contribution is -2.48. The van der Waals surface area contributed by atoms with Crippen LogP contribution < -0.4 is 4.72 Å². The van der Waals surface area contributed by atoms with Gasteiger partial charge in [-0.3, -0.25) is 4.79 Å². The van der Waals surface area contributed by atoms with Crippen LogP contribution >= 0.6 is 0 Å². The number of nitrogens with one attached hydrogen (secondary N) is 1. The molecule has 1 N–H and O–H groups in total. The van der Waals surface area contributed by atoms with E-state index in [1.807, 2.05) is 6.92 Å². The monoisotopic (exact) mass is 387 g/mol. The van der Waals surface area contributed by atoms with Crippen molar-refractivity contribution in [2.24, 2.45) is 5.92 Å². The molecule has 3 aliphatic rings. The van der Waals surface area contributed by atoms with Crippen LogP contribution in [0.4, 0.5) is 4.79 Å². The van der Waals surface area contributed by atoms with Crippen molar-refractivity contribution in [2.75, 3.05) is 14.1 Å². The van der Waals surface area contributed by atoms with E-state index in [9.17, 15) is 18.0 Å². The maximum Gasteiger partial charge on any atom is 0.425 e. The van der Waals surface area contributed by atoms with Gasteiger partial charge < -0.3 is 9.64 Å². The number of ether oxygens (including phenoxy) is 1. The minimum absolute atomic E-state index is 0.00149. The number of carbonyl (C=O) groups excluding carboxylic acids is 2. The molecule has 0 radical (unpaired) electrons. The molecule has 26 heavy (non-hydrogen) atoms. The van der Waals surface area contributed by atoms with Crippen molar-refractivity contribution in [2.45, 2.75) is 76.0 Å². The number of fused-ring (bicyclic) bond motifs is 1. The molecule has 2 saturated carbocycles. The van der Waals surface area contributed by atoms with E-state index in [4.69, 9.17) is 4.74 Å². The van der Waals surface area contributed by atoms with Crippen LogP contribution in [-0.4, -0.2) is 61.4 Å². The topological polar surface area (TPSA) is 96.0 Å². The molecule has 2 aliphatic carbocycles. The number of hydrogen-bond donors (Lipinski definition) is 1. The van der Waals surface area contributed by atoms with E-state index in [0.29, 0.717) is 19.3 Å². The second kappa shape index (κ2) is 6.99. The lowest BCUT2D eigenvalue weighted by molar-refractivity contribution is -0.134. The van der Waals surface area contributed by atoms with Crippen LogP contribution in [0.3, 0.4) is 0 Å². The molecule has 0 aromatic carbocycles. The lowest BCUT2D eigenvalue weighted by atomic mass is 9.82. The predicted molar refractivity (Wildman–Crippen MR) is 95.5 cm³/mol. The average molecular weight is 388 g/mol. The molecule has 1 heterocycles. The molecule has 0 aromatic rings. The SMILES string of the molecule is CN(C)C(=O)[C@H]1CCC2[C@@H](C1)NS(=O)(=O)N2C(=O)OC1(C)CCCCC1. The van der Waals surface area contributed by atoms with E-state index < -0.39 is 34.0 Å². The van der Waals surface area contributed by atoms with Crippen molar-refractivity contribution in [3.8, 4) is 0 Å². The van der Waals surface area contributed by atoms with Crippen molar-refractivity contribution in [3.63, 3.8) is 0 Å². The molecule has 3 rings (SSSR count). The molecule has 3 fully saturated rings. The van der Waals surface area contributed by atoms with Crippen molar-refractivity contribution < 1.29 is 22.7 Å². The summed E-state index contributed by atoms with van der Waals surface area (Å²) in [6.07, 6.45) is 5.24. The van der Waals surface area contributed by atoms with Gasteiger partial charge in [0, 0.05) is 26.1 Å². The van der Waals surface area contributed by atoms with Gasteiger partial charge >= 0.3 is 16.3 Å². The fraction of sp³-hybridized carbons (Fsp3) is 0.882. The third-order valence-corrected chi connectivity index (χ3v) is 7.43. The molecule has 3 atom stereocenters. The fourth-order valence-corrected chi connectivity index (χ4v) is 6.06. The summed E-state index contributed by atoms with van der Waals surface area (Å²) in [4.78, 5) is 26.5. The Balaban J connectivity index is 1.72. The zero-order valence-electron chi connectivity index (χ0n) is 15.7. The second-order valence-corrected chi connectivity index (χ2v) is 9.79. The first-order valence-electron chi connectivity index (χ1n) is 9.39. The molecule has 0 spiro atoms. The minimum Gasteiger partial charge on any atom is -0.442 e. The number of carbonyl (C=O) groups is 2. The highest BCUT2D eigenvalue weighted by Gasteiger charge is 2.52. The fourth-order valence-electron chi connectivity index (χ4n) is 4.47. The summed E-state index contributed by atoms with van der Waals surface area (Å²) in [5.74, 6) is -0.223. The van der Waals surface area contributed by atoms with Gasteiger partial charge in [-0.25, -0.2) is 4.79 Å². The number of rotatable bonds is 2. The molecule has 9 heteroatoms. The lowest BCUT2D eigenvalue weighted by Gasteiger charge is -2.36. The Labute approximate surface area is 155 Å². The van der Waals surface area contributed by atoms with E-state index in [1.165, 1.54) is 4.90 Å². The first-order chi connectivity index (χ1) is 12.1. The van der Waals surface area contributed by atoms with Gasteiger partial charge in [-0.1, -0.05) is 6.42 Å². The number of amides is 2. The Hall–Kier alpha value is -1.35. The van der Waals surface area contributed by atoms with Crippen molar-refractivity contribution >= 4 is 22.2 Å². The van der Waals surface area contributed by atoms with Gasteiger partial charge in [-0.2, -0.15) is 17.4 Å². The molecule has 1 unspecified atom stereocenters. The largest absolute Gasteiger partial charge is 0.442 e. The van der Waals surface area contributed by atoms with Gasteiger partial charge in [-0.15, -0.1) is 0 Å². The van der Waals surface area contributed by atoms with E-state index in [-0.39, 0.29) is 11.8 Å². The Kier molecular flexibility index (Phi) is 5.22.